The molecule has 2 amide bonds. The predicted octanol–water partition coefficient (Wildman–Crippen LogP) is 2.52. The Morgan fingerprint density at radius 2 is 2.27 bits per heavy atom. The van der Waals surface area contributed by atoms with Crippen molar-refractivity contribution in [2.45, 2.75) is 57.6 Å². The number of nitrogens with one attached hydrogen (secondary N) is 2. The van der Waals surface area contributed by atoms with Crippen molar-refractivity contribution in [1.82, 2.24) is 20.2 Å². The molecule has 2 saturated heterocycles. The Kier molecular flexibility index (Phi) is 4.38. The summed E-state index contributed by atoms with van der Waals surface area (Å²) in [6.45, 7) is 6.46. The zero-order valence-electron chi connectivity index (χ0n) is 13.5. The Bertz CT molecular complexity index is 512. The van der Waals surface area contributed by atoms with E-state index in [0.29, 0.717) is 0 Å². The van der Waals surface area contributed by atoms with Gasteiger partial charge in [-0.05, 0) is 39.0 Å². The third-order valence-electron chi connectivity index (χ3n) is 4.91. The summed E-state index contributed by atoms with van der Waals surface area (Å²) in [4.78, 5) is 21.9. The van der Waals surface area contributed by atoms with Gasteiger partial charge in [0.05, 0.1) is 11.6 Å². The number of ether oxygens (including phenoxy) is 1. The first kappa shape index (κ1) is 15.3. The number of hydrogen-bond acceptors (Lipinski definition) is 3. The highest BCUT2D eigenvalue weighted by Gasteiger charge is 2.39. The number of aryl methyl sites for hydroxylation is 1. The summed E-state index contributed by atoms with van der Waals surface area (Å²) in [5, 5.41) is 3.10. The van der Waals surface area contributed by atoms with Crippen LogP contribution in [-0.4, -0.2) is 46.2 Å². The molecule has 0 bridgehead atoms. The topological polar surface area (TPSA) is 70.2 Å². The molecule has 3 heterocycles. The smallest absolute Gasteiger partial charge is 0.317 e. The van der Waals surface area contributed by atoms with Crippen molar-refractivity contribution in [2.24, 2.45) is 0 Å². The van der Waals surface area contributed by atoms with Crippen LogP contribution in [0.1, 0.15) is 56.6 Å². The molecule has 22 heavy (non-hydrogen) atoms. The normalized spacial score (nSPS) is 22.0. The number of likely N-dealkylation sites (tertiary alicyclic amines) is 1. The van der Waals surface area contributed by atoms with E-state index in [-0.39, 0.29) is 17.7 Å². The molecule has 0 unspecified atom stereocenters. The van der Waals surface area contributed by atoms with Crippen LogP contribution < -0.4 is 5.32 Å². The molecule has 122 valence electrons. The fourth-order valence-corrected chi connectivity index (χ4v) is 3.48. The standard InChI is InChI=1S/C16H26N4O2/c1-3-13(14-17-11-12(2)18-14)19-15(21)20-8-6-16(7-9-20)5-4-10-22-16/h11,13H,3-10H2,1-2H3,(H,17,18)(H,19,21)/t13-/m0/s1. The first-order valence-electron chi connectivity index (χ1n) is 8.33. The number of carbonyl (C=O) groups excluding carboxylic acids is 1. The summed E-state index contributed by atoms with van der Waals surface area (Å²) >= 11 is 0. The average Bonchev–Trinajstić information content (AvgIpc) is 3.15. The summed E-state index contributed by atoms with van der Waals surface area (Å²) in [6, 6.07) is -0.0476. The number of hydrogen-bond donors (Lipinski definition) is 2. The largest absolute Gasteiger partial charge is 0.375 e. The summed E-state index contributed by atoms with van der Waals surface area (Å²) in [5.74, 6) is 0.834. The van der Waals surface area contributed by atoms with E-state index >= 15 is 0 Å². The molecular formula is C16H26N4O2. The lowest BCUT2D eigenvalue weighted by molar-refractivity contribution is -0.0362. The number of urea groups is 1. The molecule has 6 nitrogen and oxygen atoms in total. The Morgan fingerprint density at radius 3 is 2.82 bits per heavy atom. The van der Waals surface area contributed by atoms with Gasteiger partial charge < -0.3 is 19.9 Å². The van der Waals surface area contributed by atoms with Gasteiger partial charge in [-0.15, -0.1) is 0 Å². The van der Waals surface area contributed by atoms with E-state index in [0.717, 1.165) is 63.3 Å². The van der Waals surface area contributed by atoms with Crippen LogP contribution in [0.15, 0.2) is 6.20 Å². The molecule has 2 aliphatic heterocycles. The molecule has 3 rings (SSSR count). The monoisotopic (exact) mass is 306 g/mol. The Labute approximate surface area is 131 Å². The van der Waals surface area contributed by atoms with E-state index in [4.69, 9.17) is 4.74 Å². The third kappa shape index (κ3) is 3.11. The number of aromatic nitrogens is 2. The van der Waals surface area contributed by atoms with Crippen LogP contribution in [0.2, 0.25) is 0 Å². The molecule has 6 heteroatoms. The number of piperidine rings is 1. The van der Waals surface area contributed by atoms with Crippen LogP contribution in [0.5, 0.6) is 0 Å². The third-order valence-corrected chi connectivity index (χ3v) is 4.91. The van der Waals surface area contributed by atoms with Gasteiger partial charge in [-0.25, -0.2) is 9.78 Å². The highest BCUT2D eigenvalue weighted by molar-refractivity contribution is 5.74. The molecule has 0 saturated carbocycles. The van der Waals surface area contributed by atoms with E-state index in [1.807, 2.05) is 11.8 Å². The first-order valence-corrected chi connectivity index (χ1v) is 8.33. The fourth-order valence-electron chi connectivity index (χ4n) is 3.48. The van der Waals surface area contributed by atoms with Crippen LogP contribution in [0.3, 0.4) is 0 Å². The number of imidazole rings is 1. The summed E-state index contributed by atoms with van der Waals surface area (Å²) in [6.07, 6.45) is 6.83. The number of amides is 2. The number of carbonyl (C=O) groups is 1. The molecule has 1 aromatic rings. The molecule has 2 N–H and O–H groups in total. The van der Waals surface area contributed by atoms with E-state index in [9.17, 15) is 4.79 Å². The lowest BCUT2D eigenvalue weighted by Crippen LogP contribution is -2.50. The molecule has 0 aliphatic carbocycles. The molecule has 1 atom stereocenters. The van der Waals surface area contributed by atoms with Crippen molar-refractivity contribution in [3.8, 4) is 0 Å². The second-order valence-corrected chi connectivity index (χ2v) is 6.48. The maximum absolute atomic E-state index is 12.5. The SMILES string of the molecule is CC[C@H](NC(=O)N1CCC2(CCCO2)CC1)c1ncc(C)[nH]1. The van der Waals surface area contributed by atoms with Gasteiger partial charge in [0.25, 0.3) is 0 Å². The second-order valence-electron chi connectivity index (χ2n) is 6.48. The molecule has 0 radical (unpaired) electrons. The van der Waals surface area contributed by atoms with Crippen LogP contribution in [-0.2, 0) is 4.74 Å². The summed E-state index contributed by atoms with van der Waals surface area (Å²) in [7, 11) is 0. The number of nitrogens with zero attached hydrogens (tertiary/aromatic N) is 2. The van der Waals surface area contributed by atoms with E-state index < -0.39 is 0 Å². The minimum absolute atomic E-state index is 0.00810. The first-order chi connectivity index (χ1) is 10.6. The molecule has 1 spiro atoms. The van der Waals surface area contributed by atoms with Gasteiger partial charge in [-0.3, -0.25) is 0 Å². The van der Waals surface area contributed by atoms with Gasteiger partial charge in [0.15, 0.2) is 0 Å². The zero-order valence-corrected chi connectivity index (χ0v) is 13.5. The second kappa shape index (κ2) is 6.28. The maximum Gasteiger partial charge on any atom is 0.317 e. The molecule has 1 aromatic heterocycles. The average molecular weight is 306 g/mol. The Balaban J connectivity index is 1.55. The highest BCUT2D eigenvalue weighted by atomic mass is 16.5. The van der Waals surface area contributed by atoms with Gasteiger partial charge in [0.1, 0.15) is 5.82 Å². The van der Waals surface area contributed by atoms with Crippen molar-refractivity contribution in [3.05, 3.63) is 17.7 Å². The van der Waals surface area contributed by atoms with Crippen molar-refractivity contribution < 1.29 is 9.53 Å². The number of H-pyrrole nitrogens is 1. The quantitative estimate of drug-likeness (QED) is 0.901. The van der Waals surface area contributed by atoms with Gasteiger partial charge in [0, 0.05) is 31.6 Å². The number of aromatic amines is 1. The lowest BCUT2D eigenvalue weighted by atomic mass is 9.89. The van der Waals surface area contributed by atoms with Gasteiger partial charge >= 0.3 is 6.03 Å². The van der Waals surface area contributed by atoms with Crippen molar-refractivity contribution in [3.63, 3.8) is 0 Å². The van der Waals surface area contributed by atoms with Crippen molar-refractivity contribution in [1.29, 1.82) is 0 Å². The van der Waals surface area contributed by atoms with E-state index in [2.05, 4.69) is 22.2 Å². The van der Waals surface area contributed by atoms with Crippen molar-refractivity contribution in [2.75, 3.05) is 19.7 Å². The van der Waals surface area contributed by atoms with Crippen molar-refractivity contribution >= 4 is 6.03 Å². The van der Waals surface area contributed by atoms with Gasteiger partial charge in [-0.1, -0.05) is 6.92 Å². The molecule has 2 aliphatic rings. The Morgan fingerprint density at radius 1 is 1.50 bits per heavy atom. The predicted molar refractivity (Wildman–Crippen MR) is 83.6 cm³/mol. The molecule has 2 fully saturated rings. The number of rotatable bonds is 3. The van der Waals surface area contributed by atoms with Crippen LogP contribution >= 0.6 is 0 Å². The van der Waals surface area contributed by atoms with Gasteiger partial charge in [-0.2, -0.15) is 0 Å². The summed E-state index contributed by atoms with van der Waals surface area (Å²) < 4.78 is 5.91. The summed E-state index contributed by atoms with van der Waals surface area (Å²) in [5.41, 5.74) is 1.07. The van der Waals surface area contributed by atoms with E-state index in [1.54, 1.807) is 6.20 Å². The minimum atomic E-state index is -0.0557. The lowest BCUT2D eigenvalue weighted by Gasteiger charge is -2.38. The fraction of sp³-hybridized carbons (Fsp3) is 0.750. The van der Waals surface area contributed by atoms with E-state index in [1.165, 1.54) is 0 Å². The van der Waals surface area contributed by atoms with Crippen LogP contribution in [0.4, 0.5) is 4.79 Å². The zero-order chi connectivity index (χ0) is 15.6. The highest BCUT2D eigenvalue weighted by Crippen LogP contribution is 2.35. The Hall–Kier alpha value is -1.56. The van der Waals surface area contributed by atoms with Crippen LogP contribution in [0.25, 0.3) is 0 Å². The minimum Gasteiger partial charge on any atom is -0.375 e. The molecule has 0 aromatic carbocycles. The molecular weight excluding hydrogens is 280 g/mol. The van der Waals surface area contributed by atoms with Crippen LogP contribution in [0, 0.1) is 6.92 Å². The van der Waals surface area contributed by atoms with Gasteiger partial charge in [0.2, 0.25) is 0 Å². The maximum atomic E-state index is 12.5.